The predicted octanol–water partition coefficient (Wildman–Crippen LogP) is 4.46. The molecule has 0 aromatic heterocycles. The summed E-state index contributed by atoms with van der Waals surface area (Å²) < 4.78 is 0. The lowest BCUT2D eigenvalue weighted by Crippen LogP contribution is -2.33. The molecule has 1 rings (SSSR count). The second kappa shape index (κ2) is 9.88. The van der Waals surface area contributed by atoms with Crippen LogP contribution in [0.1, 0.15) is 27.7 Å². The van der Waals surface area contributed by atoms with Gasteiger partial charge in [0.1, 0.15) is 5.25 Å². The van der Waals surface area contributed by atoms with Gasteiger partial charge in [0.15, 0.2) is 0 Å². The monoisotopic (exact) mass is 397 g/mol. The molecule has 0 aliphatic carbocycles. The molecule has 0 aliphatic heterocycles. The Hall–Kier alpha value is -1.66. The molecular formula is C19H28ClN3O2S. The summed E-state index contributed by atoms with van der Waals surface area (Å²) in [4.78, 5) is 26.0. The zero-order valence-electron chi connectivity index (χ0n) is 16.2. The lowest BCUT2D eigenvalue weighted by Gasteiger charge is -2.19. The summed E-state index contributed by atoms with van der Waals surface area (Å²) in [6, 6.07) is 5.26. The summed E-state index contributed by atoms with van der Waals surface area (Å²) in [6.45, 7) is 8.16. The van der Waals surface area contributed by atoms with Crippen molar-refractivity contribution < 1.29 is 9.59 Å². The normalized spacial score (nSPS) is 12.7. The SMILES string of the molecule is CCN(C)C(=O)C(C=CNc1cc(Cl)cc(NC(=O)C(C)(C)C)c1)SC. The van der Waals surface area contributed by atoms with Crippen molar-refractivity contribution in [2.75, 3.05) is 30.5 Å². The van der Waals surface area contributed by atoms with Gasteiger partial charge in [-0.15, -0.1) is 11.8 Å². The van der Waals surface area contributed by atoms with Gasteiger partial charge in [-0.2, -0.15) is 0 Å². The standard InChI is InChI=1S/C19H28ClN3O2S/c1-7-23(5)17(24)16(26-6)8-9-21-14-10-13(20)11-15(12-14)22-18(25)19(2,3)4/h8-12,16,21H,7H2,1-6H3,(H,22,25). The van der Waals surface area contributed by atoms with E-state index in [1.54, 1.807) is 36.3 Å². The molecule has 5 nitrogen and oxygen atoms in total. The predicted molar refractivity (Wildman–Crippen MR) is 113 cm³/mol. The summed E-state index contributed by atoms with van der Waals surface area (Å²) in [6.07, 6.45) is 5.44. The number of thioether (sulfide) groups is 1. The van der Waals surface area contributed by atoms with E-state index in [1.807, 2.05) is 40.0 Å². The molecule has 2 N–H and O–H groups in total. The van der Waals surface area contributed by atoms with Gasteiger partial charge in [-0.1, -0.05) is 32.4 Å². The number of anilines is 2. The fourth-order valence-electron chi connectivity index (χ4n) is 1.93. The number of carbonyl (C=O) groups excluding carboxylic acids is 2. The minimum atomic E-state index is -0.493. The lowest BCUT2D eigenvalue weighted by molar-refractivity contribution is -0.128. The molecule has 1 atom stereocenters. The average molecular weight is 398 g/mol. The van der Waals surface area contributed by atoms with Crippen molar-refractivity contribution in [2.45, 2.75) is 32.9 Å². The van der Waals surface area contributed by atoms with Crippen LogP contribution in [-0.2, 0) is 9.59 Å². The Morgan fingerprint density at radius 3 is 2.42 bits per heavy atom. The van der Waals surface area contributed by atoms with Gasteiger partial charge in [0, 0.05) is 35.4 Å². The maximum Gasteiger partial charge on any atom is 0.239 e. The van der Waals surface area contributed by atoms with E-state index >= 15 is 0 Å². The minimum Gasteiger partial charge on any atom is -0.362 e. The molecule has 0 saturated carbocycles. The van der Waals surface area contributed by atoms with Crippen molar-refractivity contribution in [1.29, 1.82) is 0 Å². The smallest absolute Gasteiger partial charge is 0.239 e. The van der Waals surface area contributed by atoms with Gasteiger partial charge < -0.3 is 15.5 Å². The van der Waals surface area contributed by atoms with Crippen LogP contribution in [0, 0.1) is 5.41 Å². The van der Waals surface area contributed by atoms with Crippen LogP contribution < -0.4 is 10.6 Å². The van der Waals surface area contributed by atoms with E-state index in [-0.39, 0.29) is 17.1 Å². The highest BCUT2D eigenvalue weighted by atomic mass is 35.5. The van der Waals surface area contributed by atoms with E-state index in [0.717, 1.165) is 5.69 Å². The first kappa shape index (κ1) is 22.4. The zero-order chi connectivity index (χ0) is 19.9. The van der Waals surface area contributed by atoms with Crippen molar-refractivity contribution in [1.82, 2.24) is 4.90 Å². The van der Waals surface area contributed by atoms with Crippen LogP contribution in [0.2, 0.25) is 5.02 Å². The van der Waals surface area contributed by atoms with Crippen LogP contribution in [-0.4, -0.2) is 41.8 Å². The van der Waals surface area contributed by atoms with E-state index < -0.39 is 5.41 Å². The summed E-state index contributed by atoms with van der Waals surface area (Å²) in [5.41, 5.74) is 0.859. The van der Waals surface area contributed by atoms with E-state index in [1.165, 1.54) is 11.8 Å². The number of rotatable bonds is 7. The molecule has 1 aromatic rings. The topological polar surface area (TPSA) is 61.4 Å². The highest BCUT2D eigenvalue weighted by Gasteiger charge is 2.21. The second-order valence-electron chi connectivity index (χ2n) is 6.94. The molecule has 7 heteroatoms. The number of nitrogens with zero attached hydrogens (tertiary/aromatic N) is 1. The Labute approximate surface area is 165 Å². The summed E-state index contributed by atoms with van der Waals surface area (Å²) in [5.74, 6) is -0.0285. The number of nitrogens with one attached hydrogen (secondary N) is 2. The van der Waals surface area contributed by atoms with Gasteiger partial charge >= 0.3 is 0 Å². The fourth-order valence-corrected chi connectivity index (χ4v) is 2.78. The molecule has 2 amide bonds. The number of carbonyl (C=O) groups is 2. The second-order valence-corrected chi connectivity index (χ2v) is 8.36. The Morgan fingerprint density at radius 2 is 1.88 bits per heavy atom. The third-order valence-electron chi connectivity index (χ3n) is 3.71. The first-order valence-corrected chi connectivity index (χ1v) is 10.1. The van der Waals surface area contributed by atoms with E-state index in [2.05, 4.69) is 10.6 Å². The Bertz CT molecular complexity index is 671. The Kier molecular flexibility index (Phi) is 8.50. The number of benzene rings is 1. The molecule has 0 heterocycles. The van der Waals surface area contributed by atoms with Crippen molar-refractivity contribution in [3.63, 3.8) is 0 Å². The molecule has 0 bridgehead atoms. The van der Waals surface area contributed by atoms with Crippen LogP contribution in [0.4, 0.5) is 11.4 Å². The van der Waals surface area contributed by atoms with Crippen molar-refractivity contribution in [3.8, 4) is 0 Å². The molecule has 144 valence electrons. The first-order valence-electron chi connectivity index (χ1n) is 8.41. The van der Waals surface area contributed by atoms with E-state index in [0.29, 0.717) is 17.3 Å². The third-order valence-corrected chi connectivity index (χ3v) is 4.79. The van der Waals surface area contributed by atoms with Crippen LogP contribution in [0.15, 0.2) is 30.5 Å². The van der Waals surface area contributed by atoms with Crippen LogP contribution in [0.25, 0.3) is 0 Å². The fraction of sp³-hybridized carbons (Fsp3) is 0.474. The molecule has 0 fully saturated rings. The average Bonchev–Trinajstić information content (AvgIpc) is 2.56. The molecule has 0 spiro atoms. The Morgan fingerprint density at radius 1 is 1.27 bits per heavy atom. The largest absolute Gasteiger partial charge is 0.362 e. The van der Waals surface area contributed by atoms with Crippen molar-refractivity contribution in [2.24, 2.45) is 5.41 Å². The highest BCUT2D eigenvalue weighted by molar-refractivity contribution is 8.00. The Balaban J connectivity index is 2.84. The lowest BCUT2D eigenvalue weighted by atomic mass is 9.95. The summed E-state index contributed by atoms with van der Waals surface area (Å²) in [5, 5.41) is 6.23. The minimum absolute atomic E-state index is 0.0577. The quantitative estimate of drug-likeness (QED) is 0.713. The van der Waals surface area contributed by atoms with Gasteiger partial charge in [-0.25, -0.2) is 0 Å². The van der Waals surface area contributed by atoms with Gasteiger partial charge in [0.25, 0.3) is 0 Å². The molecule has 1 unspecified atom stereocenters. The zero-order valence-corrected chi connectivity index (χ0v) is 17.8. The van der Waals surface area contributed by atoms with E-state index in [9.17, 15) is 9.59 Å². The van der Waals surface area contributed by atoms with Gasteiger partial charge in [0.05, 0.1) is 0 Å². The van der Waals surface area contributed by atoms with Gasteiger partial charge in [-0.3, -0.25) is 9.59 Å². The van der Waals surface area contributed by atoms with E-state index in [4.69, 9.17) is 11.6 Å². The molecule has 1 aromatic carbocycles. The van der Waals surface area contributed by atoms with Crippen LogP contribution in [0.3, 0.4) is 0 Å². The summed E-state index contributed by atoms with van der Waals surface area (Å²) >= 11 is 7.62. The molecule has 0 aliphatic rings. The maximum atomic E-state index is 12.2. The maximum absolute atomic E-state index is 12.2. The number of halogens is 1. The van der Waals surface area contributed by atoms with Crippen molar-refractivity contribution >= 4 is 46.6 Å². The molecule has 0 radical (unpaired) electrons. The highest BCUT2D eigenvalue weighted by Crippen LogP contribution is 2.25. The number of hydrogen-bond donors (Lipinski definition) is 2. The number of amides is 2. The molecule has 26 heavy (non-hydrogen) atoms. The van der Waals surface area contributed by atoms with Crippen molar-refractivity contribution in [3.05, 3.63) is 35.5 Å². The van der Waals surface area contributed by atoms with Gasteiger partial charge in [-0.05, 0) is 43.7 Å². The van der Waals surface area contributed by atoms with Crippen LogP contribution in [0.5, 0.6) is 0 Å². The molecule has 0 saturated heterocycles. The molecular weight excluding hydrogens is 370 g/mol. The van der Waals surface area contributed by atoms with Crippen LogP contribution >= 0.6 is 23.4 Å². The third kappa shape index (κ3) is 6.92. The summed E-state index contributed by atoms with van der Waals surface area (Å²) in [7, 11) is 1.79. The van der Waals surface area contributed by atoms with Gasteiger partial charge in [0.2, 0.25) is 11.8 Å². The first-order chi connectivity index (χ1) is 12.1. The number of hydrogen-bond acceptors (Lipinski definition) is 4.